The predicted molar refractivity (Wildman–Crippen MR) is 63.0 cm³/mol. The largest absolute Gasteiger partial charge is 0.313 e. The molecular weight excluding hydrogens is 212 g/mol. The smallest absolute Gasteiger partial charge is 0.212 e. The van der Waals surface area contributed by atoms with E-state index in [9.17, 15) is 8.42 Å². The number of sulfonamides is 1. The third kappa shape index (κ3) is 9.73. The topological polar surface area (TPSA) is 58.2 Å². The Kier molecular flexibility index (Phi) is 7.39. The SMILES string of the molecule is CC#CCCNS(=O)(=O)CCNC(C)C. The van der Waals surface area contributed by atoms with Gasteiger partial charge in [-0.25, -0.2) is 13.1 Å². The Balaban J connectivity index is 3.71. The minimum absolute atomic E-state index is 0.116. The molecule has 0 aromatic heterocycles. The van der Waals surface area contributed by atoms with Gasteiger partial charge >= 0.3 is 0 Å². The maximum Gasteiger partial charge on any atom is 0.212 e. The van der Waals surface area contributed by atoms with Crippen LogP contribution in [-0.2, 0) is 10.0 Å². The van der Waals surface area contributed by atoms with Gasteiger partial charge in [0.25, 0.3) is 0 Å². The minimum Gasteiger partial charge on any atom is -0.313 e. The van der Waals surface area contributed by atoms with Gasteiger partial charge in [-0.05, 0) is 6.92 Å². The van der Waals surface area contributed by atoms with Crippen molar-refractivity contribution in [3.63, 3.8) is 0 Å². The Labute approximate surface area is 92.9 Å². The molecule has 0 spiro atoms. The van der Waals surface area contributed by atoms with Crippen LogP contribution in [0.5, 0.6) is 0 Å². The van der Waals surface area contributed by atoms with Gasteiger partial charge in [-0.2, -0.15) is 0 Å². The van der Waals surface area contributed by atoms with Crippen LogP contribution < -0.4 is 10.0 Å². The summed E-state index contributed by atoms with van der Waals surface area (Å²) in [4.78, 5) is 0. The minimum atomic E-state index is -3.14. The van der Waals surface area contributed by atoms with E-state index in [-0.39, 0.29) is 5.75 Å². The van der Waals surface area contributed by atoms with Crippen LogP contribution in [0.4, 0.5) is 0 Å². The van der Waals surface area contributed by atoms with Crippen molar-refractivity contribution in [2.45, 2.75) is 33.2 Å². The summed E-state index contributed by atoms with van der Waals surface area (Å²) in [6.45, 7) is 6.58. The summed E-state index contributed by atoms with van der Waals surface area (Å²) in [6.07, 6.45) is 0.563. The Morgan fingerprint density at radius 2 is 1.93 bits per heavy atom. The molecule has 0 radical (unpaired) electrons. The first kappa shape index (κ1) is 14.4. The highest BCUT2D eigenvalue weighted by Gasteiger charge is 2.08. The van der Waals surface area contributed by atoms with Crippen LogP contribution in [0.3, 0.4) is 0 Å². The van der Waals surface area contributed by atoms with Crippen LogP contribution in [0, 0.1) is 11.8 Å². The fourth-order valence-electron chi connectivity index (χ4n) is 0.948. The summed E-state index contributed by atoms with van der Waals surface area (Å²) in [5.41, 5.74) is 0. The Bertz CT molecular complexity index is 312. The highest BCUT2D eigenvalue weighted by Crippen LogP contribution is 1.85. The van der Waals surface area contributed by atoms with Gasteiger partial charge in [-0.3, -0.25) is 0 Å². The molecule has 2 N–H and O–H groups in total. The van der Waals surface area contributed by atoms with E-state index in [1.807, 2.05) is 13.8 Å². The molecule has 0 fully saturated rings. The molecule has 4 nitrogen and oxygen atoms in total. The van der Waals surface area contributed by atoms with Crippen molar-refractivity contribution < 1.29 is 8.42 Å². The van der Waals surface area contributed by atoms with Gasteiger partial charge in [0.1, 0.15) is 0 Å². The lowest BCUT2D eigenvalue weighted by Crippen LogP contribution is -2.34. The quantitative estimate of drug-likeness (QED) is 0.491. The zero-order valence-corrected chi connectivity index (χ0v) is 10.4. The van der Waals surface area contributed by atoms with Crippen molar-refractivity contribution in [1.29, 1.82) is 0 Å². The summed E-state index contributed by atoms with van der Waals surface area (Å²) in [6, 6.07) is 0.311. The second kappa shape index (κ2) is 7.69. The van der Waals surface area contributed by atoms with Gasteiger partial charge in [0, 0.05) is 25.6 Å². The molecule has 0 saturated heterocycles. The van der Waals surface area contributed by atoms with E-state index in [1.165, 1.54) is 0 Å². The van der Waals surface area contributed by atoms with E-state index in [0.29, 0.717) is 25.6 Å². The molecule has 0 saturated carbocycles. The molecule has 0 aliphatic heterocycles. The van der Waals surface area contributed by atoms with Crippen LogP contribution in [0.1, 0.15) is 27.2 Å². The molecule has 5 heteroatoms. The van der Waals surface area contributed by atoms with Crippen molar-refractivity contribution in [2.24, 2.45) is 0 Å². The molecule has 0 amide bonds. The standard InChI is InChI=1S/C10H20N2O2S/c1-4-5-6-7-12-15(13,14)9-8-11-10(2)3/h10-12H,6-9H2,1-3H3. The average molecular weight is 232 g/mol. The normalized spacial score (nSPS) is 11.2. The second-order valence-corrected chi connectivity index (χ2v) is 5.43. The van der Waals surface area contributed by atoms with Gasteiger partial charge in [-0.15, -0.1) is 11.8 Å². The van der Waals surface area contributed by atoms with Crippen LogP contribution in [0.2, 0.25) is 0 Å². The fourth-order valence-corrected chi connectivity index (χ4v) is 1.89. The molecular formula is C10H20N2O2S. The van der Waals surface area contributed by atoms with E-state index in [4.69, 9.17) is 0 Å². The van der Waals surface area contributed by atoms with Gasteiger partial charge in [0.2, 0.25) is 10.0 Å². The third-order valence-electron chi connectivity index (χ3n) is 1.67. The monoisotopic (exact) mass is 232 g/mol. The van der Waals surface area contributed by atoms with E-state index in [1.54, 1.807) is 6.92 Å². The number of hydrogen-bond acceptors (Lipinski definition) is 3. The molecule has 0 aromatic rings. The van der Waals surface area contributed by atoms with Gasteiger partial charge < -0.3 is 5.32 Å². The first-order chi connectivity index (χ1) is 6.98. The molecule has 0 aliphatic rings. The van der Waals surface area contributed by atoms with Gasteiger partial charge in [0.15, 0.2) is 0 Å². The highest BCUT2D eigenvalue weighted by atomic mass is 32.2. The number of hydrogen-bond donors (Lipinski definition) is 2. The maximum atomic E-state index is 11.4. The molecule has 0 unspecified atom stereocenters. The molecule has 0 heterocycles. The summed E-state index contributed by atoms with van der Waals surface area (Å²) >= 11 is 0. The first-order valence-corrected chi connectivity index (χ1v) is 6.73. The van der Waals surface area contributed by atoms with Crippen LogP contribution in [0.25, 0.3) is 0 Å². The molecule has 0 atom stereocenters. The first-order valence-electron chi connectivity index (χ1n) is 5.08. The second-order valence-electron chi connectivity index (χ2n) is 3.50. The van der Waals surface area contributed by atoms with Gasteiger partial charge in [-0.1, -0.05) is 13.8 Å². The lowest BCUT2D eigenvalue weighted by Gasteiger charge is -2.08. The molecule has 88 valence electrons. The number of nitrogens with one attached hydrogen (secondary N) is 2. The van der Waals surface area contributed by atoms with Crippen molar-refractivity contribution in [2.75, 3.05) is 18.8 Å². The third-order valence-corrected chi connectivity index (χ3v) is 3.06. The van der Waals surface area contributed by atoms with Crippen LogP contribution >= 0.6 is 0 Å². The maximum absolute atomic E-state index is 11.4. The van der Waals surface area contributed by atoms with Crippen LogP contribution in [-0.4, -0.2) is 33.3 Å². The average Bonchev–Trinajstić information content (AvgIpc) is 2.11. The fraction of sp³-hybridized carbons (Fsp3) is 0.800. The summed E-state index contributed by atoms with van der Waals surface area (Å²) < 4.78 is 25.2. The number of rotatable bonds is 7. The Morgan fingerprint density at radius 3 is 2.47 bits per heavy atom. The molecule has 0 bridgehead atoms. The highest BCUT2D eigenvalue weighted by molar-refractivity contribution is 7.89. The zero-order valence-electron chi connectivity index (χ0n) is 9.63. The Hall–Kier alpha value is -0.570. The van der Waals surface area contributed by atoms with Crippen molar-refractivity contribution >= 4 is 10.0 Å². The molecule has 0 rings (SSSR count). The van der Waals surface area contributed by atoms with E-state index in [0.717, 1.165) is 0 Å². The van der Waals surface area contributed by atoms with Gasteiger partial charge in [0.05, 0.1) is 5.75 Å². The summed E-state index contributed by atoms with van der Waals surface area (Å²) in [7, 11) is -3.14. The molecule has 0 aromatic carbocycles. The van der Waals surface area contributed by atoms with Crippen LogP contribution in [0.15, 0.2) is 0 Å². The lowest BCUT2D eigenvalue weighted by atomic mass is 10.4. The predicted octanol–water partition coefficient (Wildman–Crippen LogP) is 0.317. The van der Waals surface area contributed by atoms with Crippen molar-refractivity contribution in [1.82, 2.24) is 10.0 Å². The van der Waals surface area contributed by atoms with E-state index >= 15 is 0 Å². The lowest BCUT2D eigenvalue weighted by molar-refractivity contribution is 0.567. The van der Waals surface area contributed by atoms with E-state index in [2.05, 4.69) is 21.9 Å². The Morgan fingerprint density at radius 1 is 1.27 bits per heavy atom. The zero-order chi connectivity index (χ0) is 11.7. The van der Waals surface area contributed by atoms with Crippen molar-refractivity contribution in [3.05, 3.63) is 0 Å². The van der Waals surface area contributed by atoms with Crippen molar-refractivity contribution in [3.8, 4) is 11.8 Å². The summed E-state index contributed by atoms with van der Waals surface area (Å²) in [5, 5.41) is 3.06. The van der Waals surface area contributed by atoms with E-state index < -0.39 is 10.0 Å². The summed E-state index contributed by atoms with van der Waals surface area (Å²) in [5.74, 6) is 5.63. The molecule has 15 heavy (non-hydrogen) atoms. The molecule has 0 aliphatic carbocycles.